The highest BCUT2D eigenvalue weighted by molar-refractivity contribution is 5.52. The third-order valence-corrected chi connectivity index (χ3v) is 1.45. The van der Waals surface area contributed by atoms with Gasteiger partial charge in [0.05, 0.1) is 12.0 Å². The van der Waals surface area contributed by atoms with Gasteiger partial charge in [-0.3, -0.25) is 0 Å². The van der Waals surface area contributed by atoms with E-state index in [2.05, 4.69) is 20.3 Å². The first-order valence-electron chi connectivity index (χ1n) is 3.80. The minimum atomic E-state index is 0.0727. The molecule has 0 saturated heterocycles. The summed E-state index contributed by atoms with van der Waals surface area (Å²) in [5, 5.41) is 2.85. The molecule has 7 nitrogen and oxygen atoms in total. The van der Waals surface area contributed by atoms with Gasteiger partial charge < -0.3 is 21.2 Å². The standard InChI is InChI=1S/C7H8N6O/c8-5-11-6(9)13-7(12-5)10-4-1-2-14-3-4/h1-3H,(H5,8,9,10,11,12,13). The smallest absolute Gasteiger partial charge is 0.233 e. The molecule has 14 heavy (non-hydrogen) atoms. The number of nitrogens with zero attached hydrogens (tertiary/aromatic N) is 3. The predicted molar refractivity (Wildman–Crippen MR) is 50.6 cm³/mol. The van der Waals surface area contributed by atoms with Crippen molar-refractivity contribution in [3.05, 3.63) is 18.6 Å². The SMILES string of the molecule is Nc1nc(N)nc(Nc2ccoc2)n1. The van der Waals surface area contributed by atoms with Crippen LogP contribution in [-0.4, -0.2) is 15.0 Å². The fraction of sp³-hybridized carbons (Fsp3) is 0. The predicted octanol–water partition coefficient (Wildman–Crippen LogP) is 0.373. The maximum absolute atomic E-state index is 5.38. The molecule has 2 aromatic heterocycles. The highest BCUT2D eigenvalue weighted by atomic mass is 16.3. The van der Waals surface area contributed by atoms with Crippen LogP contribution in [0.5, 0.6) is 0 Å². The van der Waals surface area contributed by atoms with E-state index in [9.17, 15) is 0 Å². The molecule has 7 heteroatoms. The van der Waals surface area contributed by atoms with Crippen molar-refractivity contribution < 1.29 is 4.42 Å². The second-order valence-corrected chi connectivity index (χ2v) is 2.51. The van der Waals surface area contributed by atoms with Gasteiger partial charge in [0, 0.05) is 0 Å². The molecule has 0 radical (unpaired) electrons. The summed E-state index contributed by atoms with van der Waals surface area (Å²) < 4.78 is 4.85. The van der Waals surface area contributed by atoms with Gasteiger partial charge in [0.2, 0.25) is 17.8 Å². The van der Waals surface area contributed by atoms with E-state index >= 15 is 0 Å². The summed E-state index contributed by atoms with van der Waals surface area (Å²) in [5.74, 6) is 0.434. The van der Waals surface area contributed by atoms with Crippen LogP contribution in [0.4, 0.5) is 23.5 Å². The number of nitrogen functional groups attached to an aromatic ring is 2. The molecule has 5 N–H and O–H groups in total. The van der Waals surface area contributed by atoms with E-state index < -0.39 is 0 Å². The van der Waals surface area contributed by atoms with Crippen LogP contribution in [0.25, 0.3) is 0 Å². The zero-order chi connectivity index (χ0) is 9.97. The van der Waals surface area contributed by atoms with Gasteiger partial charge in [0.15, 0.2) is 0 Å². The third kappa shape index (κ3) is 1.71. The summed E-state index contributed by atoms with van der Waals surface area (Å²) in [4.78, 5) is 11.3. The first-order chi connectivity index (χ1) is 6.74. The van der Waals surface area contributed by atoms with Gasteiger partial charge in [0.1, 0.15) is 6.26 Å². The molecule has 0 bridgehead atoms. The fourth-order valence-corrected chi connectivity index (χ4v) is 0.930. The van der Waals surface area contributed by atoms with E-state index in [1.165, 1.54) is 12.5 Å². The lowest BCUT2D eigenvalue weighted by atomic mass is 10.5. The second-order valence-electron chi connectivity index (χ2n) is 2.51. The Kier molecular flexibility index (Phi) is 1.90. The zero-order valence-electron chi connectivity index (χ0n) is 7.14. The molecule has 2 heterocycles. The molecular formula is C7H8N6O. The Bertz CT molecular complexity index is 405. The summed E-state index contributed by atoms with van der Waals surface area (Å²) in [7, 11) is 0. The van der Waals surface area contributed by atoms with E-state index in [-0.39, 0.29) is 17.8 Å². The first-order valence-corrected chi connectivity index (χ1v) is 3.80. The van der Waals surface area contributed by atoms with E-state index in [0.717, 1.165) is 5.69 Å². The number of furan rings is 1. The lowest BCUT2D eigenvalue weighted by Crippen LogP contribution is -2.06. The molecule has 0 fully saturated rings. The maximum Gasteiger partial charge on any atom is 0.233 e. The van der Waals surface area contributed by atoms with E-state index in [4.69, 9.17) is 15.9 Å². The van der Waals surface area contributed by atoms with Crippen LogP contribution in [0, 0.1) is 0 Å². The van der Waals surface area contributed by atoms with Gasteiger partial charge >= 0.3 is 0 Å². The van der Waals surface area contributed by atoms with Crippen LogP contribution in [0.1, 0.15) is 0 Å². The van der Waals surface area contributed by atoms with E-state index in [0.29, 0.717) is 0 Å². The Balaban J connectivity index is 2.25. The summed E-state index contributed by atoms with van der Waals surface area (Å²) >= 11 is 0. The van der Waals surface area contributed by atoms with Crippen molar-refractivity contribution >= 4 is 23.5 Å². The van der Waals surface area contributed by atoms with Crippen LogP contribution in [0.15, 0.2) is 23.0 Å². The quantitative estimate of drug-likeness (QED) is 0.629. The first kappa shape index (κ1) is 8.30. The summed E-state index contributed by atoms with van der Waals surface area (Å²) in [6.45, 7) is 0. The number of rotatable bonds is 2. The molecule has 0 amide bonds. The van der Waals surface area contributed by atoms with E-state index in [1.54, 1.807) is 6.07 Å². The minimum Gasteiger partial charge on any atom is -0.470 e. The number of nitrogens with two attached hydrogens (primary N) is 2. The minimum absolute atomic E-state index is 0.0727. The van der Waals surface area contributed by atoms with Crippen molar-refractivity contribution in [1.29, 1.82) is 0 Å². The van der Waals surface area contributed by atoms with Gasteiger partial charge in [-0.1, -0.05) is 0 Å². The number of hydrogen-bond acceptors (Lipinski definition) is 7. The van der Waals surface area contributed by atoms with Crippen LogP contribution in [-0.2, 0) is 0 Å². The summed E-state index contributed by atoms with van der Waals surface area (Å²) in [6, 6.07) is 1.72. The van der Waals surface area contributed by atoms with Crippen molar-refractivity contribution in [2.45, 2.75) is 0 Å². The Morgan fingerprint density at radius 3 is 2.43 bits per heavy atom. The normalized spacial score (nSPS) is 10.0. The molecule has 72 valence electrons. The van der Waals surface area contributed by atoms with Crippen LogP contribution < -0.4 is 16.8 Å². The van der Waals surface area contributed by atoms with Crippen LogP contribution in [0.2, 0.25) is 0 Å². The Hall–Kier alpha value is -2.31. The van der Waals surface area contributed by atoms with Crippen molar-refractivity contribution in [2.24, 2.45) is 0 Å². The Labute approximate surface area is 79.2 Å². The largest absolute Gasteiger partial charge is 0.470 e. The Morgan fingerprint density at radius 2 is 1.86 bits per heavy atom. The van der Waals surface area contributed by atoms with Crippen LogP contribution >= 0.6 is 0 Å². The fourth-order valence-electron chi connectivity index (χ4n) is 0.930. The molecular weight excluding hydrogens is 184 g/mol. The number of aromatic nitrogens is 3. The molecule has 0 saturated carbocycles. The lowest BCUT2D eigenvalue weighted by Gasteiger charge is -2.01. The molecule has 0 unspecified atom stereocenters. The second kappa shape index (κ2) is 3.21. The molecule has 0 aliphatic heterocycles. The number of nitrogens with one attached hydrogen (secondary N) is 1. The molecule has 2 rings (SSSR count). The van der Waals surface area contributed by atoms with Crippen LogP contribution in [0.3, 0.4) is 0 Å². The Morgan fingerprint density at radius 1 is 1.14 bits per heavy atom. The molecule has 0 aliphatic carbocycles. The molecule has 2 aromatic rings. The average Bonchev–Trinajstić information content (AvgIpc) is 2.54. The highest BCUT2D eigenvalue weighted by Gasteiger charge is 2.02. The lowest BCUT2D eigenvalue weighted by molar-refractivity contribution is 0.568. The van der Waals surface area contributed by atoms with E-state index in [1.807, 2.05) is 0 Å². The average molecular weight is 192 g/mol. The number of hydrogen-bond donors (Lipinski definition) is 3. The van der Waals surface area contributed by atoms with Gasteiger partial charge in [-0.15, -0.1) is 0 Å². The third-order valence-electron chi connectivity index (χ3n) is 1.45. The van der Waals surface area contributed by atoms with Gasteiger partial charge in [-0.25, -0.2) is 0 Å². The molecule has 0 aromatic carbocycles. The van der Waals surface area contributed by atoms with Crippen molar-refractivity contribution in [3.63, 3.8) is 0 Å². The molecule has 0 aliphatic rings. The van der Waals surface area contributed by atoms with Gasteiger partial charge in [-0.2, -0.15) is 15.0 Å². The zero-order valence-corrected chi connectivity index (χ0v) is 7.14. The topological polar surface area (TPSA) is 116 Å². The summed E-state index contributed by atoms with van der Waals surface area (Å²) in [6.07, 6.45) is 3.03. The summed E-state index contributed by atoms with van der Waals surface area (Å²) in [5.41, 5.74) is 11.5. The number of anilines is 4. The van der Waals surface area contributed by atoms with Crippen molar-refractivity contribution in [1.82, 2.24) is 15.0 Å². The molecule has 0 atom stereocenters. The molecule has 0 spiro atoms. The monoisotopic (exact) mass is 192 g/mol. The maximum atomic E-state index is 5.38. The highest BCUT2D eigenvalue weighted by Crippen LogP contribution is 2.13. The van der Waals surface area contributed by atoms with Gasteiger partial charge in [-0.05, 0) is 6.07 Å². The van der Waals surface area contributed by atoms with Gasteiger partial charge in [0.25, 0.3) is 0 Å². The van der Waals surface area contributed by atoms with Crippen molar-refractivity contribution in [3.8, 4) is 0 Å². The van der Waals surface area contributed by atoms with Crippen molar-refractivity contribution in [2.75, 3.05) is 16.8 Å².